The standard InChI is InChI=1S/C15H23ClN6O4S/c1-4-26-13(23)12(5-10(2)3)21-8-18-15(19-22(24)25)20(9-21)7-11-6-17-14(16)27-11/h6,10,12H,4-5,7-9H2,1-3H3,(H,18,19)/t12-/m0/s1. The first kappa shape index (κ1) is 21.3. The van der Waals surface area contributed by atoms with Gasteiger partial charge in [0.15, 0.2) is 9.50 Å². The molecule has 0 bridgehead atoms. The van der Waals surface area contributed by atoms with E-state index in [-0.39, 0.29) is 31.2 Å². The van der Waals surface area contributed by atoms with Crippen molar-refractivity contribution in [3.05, 3.63) is 25.7 Å². The van der Waals surface area contributed by atoms with E-state index in [1.54, 1.807) is 18.0 Å². The number of hydrogen-bond acceptors (Lipinski definition) is 7. The molecule has 1 saturated heterocycles. The molecule has 150 valence electrons. The molecule has 1 aromatic heterocycles. The number of thiazole rings is 1. The number of carbonyl (C=O) groups excluding carboxylic acids is 1. The average molecular weight is 419 g/mol. The highest BCUT2D eigenvalue weighted by atomic mass is 35.5. The van der Waals surface area contributed by atoms with Crippen LogP contribution in [0.4, 0.5) is 0 Å². The fraction of sp³-hybridized carbons (Fsp3) is 0.667. The Bertz CT molecular complexity index is 698. The van der Waals surface area contributed by atoms with Gasteiger partial charge in [0.1, 0.15) is 11.1 Å². The Morgan fingerprint density at radius 3 is 2.89 bits per heavy atom. The summed E-state index contributed by atoms with van der Waals surface area (Å²) in [5.41, 5.74) is 0. The predicted molar refractivity (Wildman–Crippen MR) is 102 cm³/mol. The quantitative estimate of drug-likeness (QED) is 0.387. The van der Waals surface area contributed by atoms with E-state index in [2.05, 4.69) is 15.4 Å². The molecule has 2 heterocycles. The van der Waals surface area contributed by atoms with Gasteiger partial charge < -0.3 is 15.0 Å². The van der Waals surface area contributed by atoms with E-state index >= 15 is 0 Å². The van der Waals surface area contributed by atoms with Crippen molar-refractivity contribution in [3.8, 4) is 0 Å². The number of carbonyl (C=O) groups is 1. The molecule has 27 heavy (non-hydrogen) atoms. The molecular weight excluding hydrogens is 396 g/mol. The van der Waals surface area contributed by atoms with Crippen molar-refractivity contribution in [3.63, 3.8) is 0 Å². The second-order valence-corrected chi connectivity index (χ2v) is 8.10. The lowest BCUT2D eigenvalue weighted by molar-refractivity contribution is -0.486. The summed E-state index contributed by atoms with van der Waals surface area (Å²) in [7, 11) is 0. The van der Waals surface area contributed by atoms with E-state index in [1.165, 1.54) is 11.3 Å². The van der Waals surface area contributed by atoms with Crippen LogP contribution >= 0.6 is 22.9 Å². The average Bonchev–Trinajstić information content (AvgIpc) is 2.99. The Morgan fingerprint density at radius 1 is 1.59 bits per heavy atom. The van der Waals surface area contributed by atoms with E-state index < -0.39 is 11.1 Å². The molecule has 0 unspecified atom stereocenters. The summed E-state index contributed by atoms with van der Waals surface area (Å²) >= 11 is 7.16. The maximum absolute atomic E-state index is 12.4. The number of nitrogens with one attached hydrogen (secondary N) is 1. The van der Waals surface area contributed by atoms with E-state index in [9.17, 15) is 14.9 Å². The van der Waals surface area contributed by atoms with Crippen LogP contribution in [0.5, 0.6) is 0 Å². The first-order chi connectivity index (χ1) is 12.8. The van der Waals surface area contributed by atoms with Crippen molar-refractivity contribution >= 4 is 34.9 Å². The third-order valence-corrected chi connectivity index (χ3v) is 4.93. The van der Waals surface area contributed by atoms with Gasteiger partial charge in [-0.15, -0.1) is 11.3 Å². The molecule has 1 fully saturated rings. The van der Waals surface area contributed by atoms with Crippen LogP contribution in [0.25, 0.3) is 0 Å². The van der Waals surface area contributed by atoms with Crippen molar-refractivity contribution in [2.45, 2.75) is 39.8 Å². The van der Waals surface area contributed by atoms with Crippen LogP contribution in [-0.4, -0.2) is 57.7 Å². The molecule has 0 aromatic carbocycles. The molecule has 1 atom stereocenters. The zero-order valence-corrected chi connectivity index (χ0v) is 17.0. The van der Waals surface area contributed by atoms with Crippen molar-refractivity contribution in [1.29, 1.82) is 0 Å². The summed E-state index contributed by atoms with van der Waals surface area (Å²) in [5.74, 6) is 0.110. The molecular formula is C15H23ClN6O4S. The second kappa shape index (κ2) is 9.81. The van der Waals surface area contributed by atoms with Crippen LogP contribution in [0.2, 0.25) is 4.47 Å². The van der Waals surface area contributed by atoms with Crippen molar-refractivity contribution in [2.75, 3.05) is 19.9 Å². The van der Waals surface area contributed by atoms with Crippen LogP contribution in [0.1, 0.15) is 32.1 Å². The van der Waals surface area contributed by atoms with Gasteiger partial charge in [-0.1, -0.05) is 25.4 Å². The summed E-state index contributed by atoms with van der Waals surface area (Å²) in [6, 6.07) is -0.456. The van der Waals surface area contributed by atoms with Gasteiger partial charge in [-0.05, 0) is 19.3 Å². The van der Waals surface area contributed by atoms with Crippen LogP contribution in [0, 0.1) is 16.0 Å². The maximum atomic E-state index is 12.4. The van der Waals surface area contributed by atoms with Gasteiger partial charge in [0.25, 0.3) is 5.96 Å². The number of nitrogens with zero attached hydrogens (tertiary/aromatic N) is 5. The lowest BCUT2D eigenvalue weighted by Crippen LogP contribution is -2.61. The number of halogens is 1. The van der Waals surface area contributed by atoms with Gasteiger partial charge in [-0.3, -0.25) is 9.69 Å². The molecule has 1 aliphatic heterocycles. The normalized spacial score (nSPS) is 17.8. The third-order valence-electron chi connectivity index (χ3n) is 3.83. The second-order valence-electron chi connectivity index (χ2n) is 6.40. The highest BCUT2D eigenvalue weighted by molar-refractivity contribution is 7.15. The van der Waals surface area contributed by atoms with Gasteiger partial charge >= 0.3 is 5.97 Å². The molecule has 1 aromatic rings. The van der Waals surface area contributed by atoms with E-state index in [1.807, 2.05) is 18.7 Å². The molecule has 12 heteroatoms. The minimum atomic E-state index is -0.748. The molecule has 2 rings (SSSR count). The number of aromatic nitrogens is 1. The Kier molecular flexibility index (Phi) is 7.75. The van der Waals surface area contributed by atoms with Crippen LogP contribution in [0.3, 0.4) is 0 Å². The smallest absolute Gasteiger partial charge is 0.323 e. The monoisotopic (exact) mass is 418 g/mol. The molecule has 10 nitrogen and oxygen atoms in total. The Balaban J connectivity index is 2.21. The first-order valence-electron chi connectivity index (χ1n) is 8.52. The number of nitro groups is 1. The lowest BCUT2D eigenvalue weighted by atomic mass is 10.0. The Labute approximate surface area is 166 Å². The summed E-state index contributed by atoms with van der Waals surface area (Å²) in [5, 5.41) is 16.5. The Morgan fingerprint density at radius 2 is 2.33 bits per heavy atom. The van der Waals surface area contributed by atoms with Crippen LogP contribution in [0.15, 0.2) is 11.3 Å². The SMILES string of the molecule is CCOC(=O)[C@H](CC(C)C)N1CN/C(=N\[N+](=O)[O-])N(Cc2cnc(Cl)s2)C1. The Hall–Kier alpha value is -1.98. The molecule has 0 amide bonds. The number of hydrogen-bond donors (Lipinski definition) is 1. The highest BCUT2D eigenvalue weighted by Crippen LogP contribution is 2.22. The van der Waals surface area contributed by atoms with Gasteiger partial charge in [-0.2, -0.15) is 0 Å². The number of hydrazone groups is 1. The molecule has 0 radical (unpaired) electrons. The van der Waals surface area contributed by atoms with Crippen LogP contribution in [-0.2, 0) is 16.1 Å². The predicted octanol–water partition coefficient (Wildman–Crippen LogP) is 1.94. The first-order valence-corrected chi connectivity index (χ1v) is 9.72. The third kappa shape index (κ3) is 6.29. The van der Waals surface area contributed by atoms with Crippen LogP contribution < -0.4 is 5.32 Å². The topological polar surface area (TPSA) is 113 Å². The summed E-state index contributed by atoms with van der Waals surface area (Å²) < 4.78 is 5.61. The van der Waals surface area contributed by atoms with Crippen molar-refractivity contribution in [2.24, 2.45) is 11.0 Å². The summed E-state index contributed by atoms with van der Waals surface area (Å²) in [6.07, 6.45) is 2.23. The van der Waals surface area contributed by atoms with Gasteiger partial charge in [0.2, 0.25) is 0 Å². The minimum Gasteiger partial charge on any atom is -0.465 e. The molecule has 1 N–H and O–H groups in total. The lowest BCUT2D eigenvalue weighted by Gasteiger charge is -2.40. The number of rotatable bonds is 8. The van der Waals surface area contributed by atoms with Crippen molar-refractivity contribution < 1.29 is 14.6 Å². The highest BCUT2D eigenvalue weighted by Gasteiger charge is 2.34. The maximum Gasteiger partial charge on any atom is 0.323 e. The minimum absolute atomic E-state index is 0.132. The number of guanidine groups is 1. The van der Waals surface area contributed by atoms with Crippen molar-refractivity contribution in [1.82, 2.24) is 20.1 Å². The van der Waals surface area contributed by atoms with Gasteiger partial charge in [-0.25, -0.2) is 15.1 Å². The fourth-order valence-electron chi connectivity index (χ4n) is 2.75. The zero-order chi connectivity index (χ0) is 20.0. The number of esters is 1. The number of ether oxygens (including phenoxy) is 1. The van der Waals surface area contributed by atoms with E-state index in [0.29, 0.717) is 24.0 Å². The van der Waals surface area contributed by atoms with Gasteiger partial charge in [0.05, 0.1) is 26.5 Å². The van der Waals surface area contributed by atoms with Gasteiger partial charge in [0, 0.05) is 11.1 Å². The van der Waals surface area contributed by atoms with E-state index in [0.717, 1.165) is 4.88 Å². The molecule has 0 saturated carbocycles. The molecule has 0 spiro atoms. The zero-order valence-electron chi connectivity index (χ0n) is 15.4. The molecule has 0 aliphatic carbocycles. The molecule has 1 aliphatic rings. The largest absolute Gasteiger partial charge is 0.465 e. The fourth-order valence-corrected chi connectivity index (χ4v) is 3.75. The van der Waals surface area contributed by atoms with E-state index in [4.69, 9.17) is 16.3 Å². The summed E-state index contributed by atoms with van der Waals surface area (Å²) in [6.45, 7) is 6.99. The summed E-state index contributed by atoms with van der Waals surface area (Å²) in [4.78, 5) is 31.7.